The lowest BCUT2D eigenvalue weighted by Crippen LogP contribution is -2.59. The number of carboxylic acid groups (broad SMARTS) is 2. The van der Waals surface area contributed by atoms with Crippen molar-refractivity contribution >= 4 is 12.1 Å². The summed E-state index contributed by atoms with van der Waals surface area (Å²) >= 11 is 0. The van der Waals surface area contributed by atoms with Gasteiger partial charge >= 0.3 is 12.1 Å². The number of hydrogen-bond acceptors (Lipinski definition) is 3. The molecule has 0 radical (unpaired) electrons. The number of aliphatic hydroxyl groups is 1. The van der Waals surface area contributed by atoms with Gasteiger partial charge in [0.1, 0.15) is 5.41 Å². The number of aliphatic carboxylic acids is 1. The van der Waals surface area contributed by atoms with Crippen LogP contribution in [0.15, 0.2) is 0 Å². The zero-order valence-corrected chi connectivity index (χ0v) is 9.38. The van der Waals surface area contributed by atoms with Gasteiger partial charge in [0.15, 0.2) is 0 Å². The number of nitrogens with zero attached hydrogens (tertiary/aromatic N) is 1. The van der Waals surface area contributed by atoms with Gasteiger partial charge < -0.3 is 20.2 Å². The molecule has 0 aliphatic carbocycles. The Labute approximate surface area is 93.5 Å². The molecule has 1 aliphatic heterocycles. The van der Waals surface area contributed by atoms with Crippen LogP contribution in [0.4, 0.5) is 4.79 Å². The maximum atomic E-state index is 11.2. The number of hydrogen-bond donors (Lipinski definition) is 3. The van der Waals surface area contributed by atoms with E-state index < -0.39 is 23.6 Å². The van der Waals surface area contributed by atoms with Gasteiger partial charge in [0.2, 0.25) is 0 Å². The van der Waals surface area contributed by atoms with E-state index in [4.69, 9.17) is 10.2 Å². The van der Waals surface area contributed by atoms with E-state index in [0.717, 1.165) is 4.90 Å². The Morgan fingerprint density at radius 2 is 2.00 bits per heavy atom. The van der Waals surface area contributed by atoms with Crippen LogP contribution in [0.3, 0.4) is 0 Å². The third kappa shape index (κ3) is 1.84. The molecule has 0 aromatic carbocycles. The average molecular weight is 231 g/mol. The van der Waals surface area contributed by atoms with Crippen molar-refractivity contribution in [3.63, 3.8) is 0 Å². The van der Waals surface area contributed by atoms with E-state index >= 15 is 0 Å². The van der Waals surface area contributed by atoms with Gasteiger partial charge in [-0.3, -0.25) is 4.79 Å². The molecule has 92 valence electrons. The zero-order chi connectivity index (χ0) is 12.5. The van der Waals surface area contributed by atoms with Crippen molar-refractivity contribution in [1.29, 1.82) is 0 Å². The Bertz CT molecular complexity index is 306. The Balaban J connectivity index is 3.02. The molecule has 3 N–H and O–H groups in total. The Morgan fingerprint density at radius 1 is 1.44 bits per heavy atom. The summed E-state index contributed by atoms with van der Waals surface area (Å²) in [6, 6.07) is -0.355. The van der Waals surface area contributed by atoms with Crippen LogP contribution in [-0.2, 0) is 4.79 Å². The molecule has 0 spiro atoms. The van der Waals surface area contributed by atoms with Gasteiger partial charge in [-0.05, 0) is 19.8 Å². The van der Waals surface area contributed by atoms with Crippen LogP contribution in [0.1, 0.15) is 26.7 Å². The molecule has 6 heteroatoms. The first-order valence-electron chi connectivity index (χ1n) is 5.26. The second kappa shape index (κ2) is 4.29. The summed E-state index contributed by atoms with van der Waals surface area (Å²) in [5.41, 5.74) is -1.37. The summed E-state index contributed by atoms with van der Waals surface area (Å²) in [5, 5.41) is 28.0. The fourth-order valence-corrected chi connectivity index (χ4v) is 2.21. The van der Waals surface area contributed by atoms with Gasteiger partial charge in [-0.15, -0.1) is 0 Å². The molecule has 0 aromatic heterocycles. The number of carbonyl (C=O) groups is 2. The average Bonchev–Trinajstić information content (AvgIpc) is 2.17. The van der Waals surface area contributed by atoms with Gasteiger partial charge in [-0.1, -0.05) is 6.92 Å². The summed E-state index contributed by atoms with van der Waals surface area (Å²) < 4.78 is 0. The molecule has 1 aliphatic rings. The number of aliphatic hydroxyl groups excluding tert-OH is 1. The Hall–Kier alpha value is -1.30. The predicted molar refractivity (Wildman–Crippen MR) is 55.2 cm³/mol. The molecule has 1 saturated heterocycles. The largest absolute Gasteiger partial charge is 0.481 e. The normalized spacial score (nSPS) is 34.8. The monoisotopic (exact) mass is 231 g/mol. The van der Waals surface area contributed by atoms with Crippen molar-refractivity contribution in [1.82, 2.24) is 4.90 Å². The molecule has 0 bridgehead atoms. The lowest BCUT2D eigenvalue weighted by molar-refractivity contribution is -0.164. The molecular weight excluding hydrogens is 214 g/mol. The van der Waals surface area contributed by atoms with Crippen LogP contribution >= 0.6 is 0 Å². The third-order valence-corrected chi connectivity index (χ3v) is 3.49. The third-order valence-electron chi connectivity index (χ3n) is 3.49. The van der Waals surface area contributed by atoms with Gasteiger partial charge in [-0.2, -0.15) is 0 Å². The van der Waals surface area contributed by atoms with E-state index in [9.17, 15) is 14.7 Å². The minimum atomic E-state index is -1.37. The van der Waals surface area contributed by atoms with Gasteiger partial charge in [-0.25, -0.2) is 4.79 Å². The summed E-state index contributed by atoms with van der Waals surface area (Å²) in [6.07, 6.45) is -1.77. The highest BCUT2D eigenvalue weighted by Crippen LogP contribution is 2.36. The maximum Gasteiger partial charge on any atom is 0.407 e. The predicted octanol–water partition coefficient (Wildman–Crippen LogP) is 0.601. The van der Waals surface area contributed by atoms with Crippen LogP contribution in [0, 0.1) is 5.41 Å². The van der Waals surface area contributed by atoms with Gasteiger partial charge in [0.05, 0.1) is 6.10 Å². The van der Waals surface area contributed by atoms with Crippen LogP contribution in [0.2, 0.25) is 0 Å². The SMILES string of the molecule is CCC1(C(=O)O)CN(C(=O)O)[C@@H](C)CC1O. The highest BCUT2D eigenvalue weighted by atomic mass is 16.4. The quantitative estimate of drug-likeness (QED) is 0.646. The fraction of sp³-hybridized carbons (Fsp3) is 0.800. The second-order valence-corrected chi connectivity index (χ2v) is 4.33. The van der Waals surface area contributed by atoms with Crippen LogP contribution < -0.4 is 0 Å². The molecule has 16 heavy (non-hydrogen) atoms. The van der Waals surface area contributed by atoms with Crippen LogP contribution in [-0.4, -0.2) is 51.0 Å². The van der Waals surface area contributed by atoms with Gasteiger partial charge in [0.25, 0.3) is 0 Å². The van der Waals surface area contributed by atoms with Crippen LogP contribution in [0.25, 0.3) is 0 Å². The standard InChI is InChI=1S/C10H17NO5/c1-3-10(8(13)14)5-11(9(15)16)6(2)4-7(10)12/h6-7,12H,3-5H2,1-2H3,(H,13,14)(H,15,16)/t6-,7?,10?/m0/s1. The number of rotatable bonds is 2. The topological polar surface area (TPSA) is 98.1 Å². The first-order chi connectivity index (χ1) is 7.35. The lowest BCUT2D eigenvalue weighted by Gasteiger charge is -2.45. The molecule has 2 unspecified atom stereocenters. The fourth-order valence-electron chi connectivity index (χ4n) is 2.21. The van der Waals surface area contributed by atoms with Crippen molar-refractivity contribution in [3.05, 3.63) is 0 Å². The second-order valence-electron chi connectivity index (χ2n) is 4.33. The minimum absolute atomic E-state index is 0.156. The molecule has 0 aromatic rings. The van der Waals surface area contributed by atoms with Gasteiger partial charge in [0, 0.05) is 12.6 Å². The molecule has 1 fully saturated rings. The van der Waals surface area contributed by atoms with Crippen molar-refractivity contribution in [3.8, 4) is 0 Å². The van der Waals surface area contributed by atoms with Crippen molar-refractivity contribution in [2.24, 2.45) is 5.41 Å². The van der Waals surface area contributed by atoms with E-state index in [-0.39, 0.29) is 25.4 Å². The number of carboxylic acids is 1. The smallest absolute Gasteiger partial charge is 0.407 e. The van der Waals surface area contributed by atoms with Crippen molar-refractivity contribution < 1.29 is 24.9 Å². The van der Waals surface area contributed by atoms with Crippen molar-refractivity contribution in [2.75, 3.05) is 6.54 Å². The van der Waals surface area contributed by atoms with E-state index in [2.05, 4.69) is 0 Å². The lowest BCUT2D eigenvalue weighted by atomic mass is 9.73. The highest BCUT2D eigenvalue weighted by Gasteiger charge is 2.50. The van der Waals surface area contributed by atoms with E-state index in [1.807, 2.05) is 0 Å². The molecular formula is C10H17NO5. The summed E-state index contributed by atoms with van der Waals surface area (Å²) in [4.78, 5) is 23.2. The molecule has 6 nitrogen and oxygen atoms in total. The van der Waals surface area contributed by atoms with E-state index in [0.29, 0.717) is 0 Å². The molecule has 1 amide bonds. The molecule has 0 saturated carbocycles. The Kier molecular flexibility index (Phi) is 3.42. The highest BCUT2D eigenvalue weighted by molar-refractivity contribution is 5.77. The van der Waals surface area contributed by atoms with E-state index in [1.165, 1.54) is 0 Å². The number of piperidine rings is 1. The molecule has 1 heterocycles. The summed E-state index contributed by atoms with van der Waals surface area (Å²) in [7, 11) is 0. The van der Waals surface area contributed by atoms with E-state index in [1.54, 1.807) is 13.8 Å². The number of likely N-dealkylation sites (tertiary alicyclic amines) is 1. The summed E-state index contributed by atoms with van der Waals surface area (Å²) in [6.45, 7) is 3.16. The summed E-state index contributed by atoms with van der Waals surface area (Å²) in [5.74, 6) is -1.14. The first kappa shape index (κ1) is 12.8. The number of amides is 1. The minimum Gasteiger partial charge on any atom is -0.481 e. The van der Waals surface area contributed by atoms with Crippen LogP contribution in [0.5, 0.6) is 0 Å². The Morgan fingerprint density at radius 3 is 2.38 bits per heavy atom. The molecule has 3 atom stereocenters. The van der Waals surface area contributed by atoms with Crippen molar-refractivity contribution in [2.45, 2.75) is 38.8 Å². The molecule has 1 rings (SSSR count). The maximum absolute atomic E-state index is 11.2. The zero-order valence-electron chi connectivity index (χ0n) is 9.38. The first-order valence-corrected chi connectivity index (χ1v) is 5.26.